The molecule has 322 valence electrons. The second-order valence-corrected chi connectivity index (χ2v) is 16.7. The number of allylic oxidation sites excluding steroid dienone is 8. The summed E-state index contributed by atoms with van der Waals surface area (Å²) in [4.78, 5) is 52.4. The van der Waals surface area contributed by atoms with E-state index < -0.39 is 66.2 Å². The van der Waals surface area contributed by atoms with Crippen molar-refractivity contribution in [2.24, 2.45) is 5.92 Å². The molecule has 4 N–H and O–H groups in total. The number of hydrogen-bond donors (Lipinski definition) is 4. The van der Waals surface area contributed by atoms with E-state index in [0.29, 0.717) is 37.4 Å². The maximum absolute atomic E-state index is 12.6. The number of esters is 2. The van der Waals surface area contributed by atoms with E-state index >= 15 is 0 Å². The first-order valence-corrected chi connectivity index (χ1v) is 23.0. The summed E-state index contributed by atoms with van der Waals surface area (Å²) in [5.74, 6) is -0.453. The number of carbonyl (C=O) groups excluding carboxylic acids is 2. The summed E-state index contributed by atoms with van der Waals surface area (Å²) in [6.45, 7) is 3.73. The summed E-state index contributed by atoms with van der Waals surface area (Å²) in [5, 5.41) is 9.71. The minimum absolute atomic E-state index is 0.000562. The molecule has 0 aromatic rings. The molecule has 0 aromatic carbocycles. The highest BCUT2D eigenvalue weighted by atomic mass is 31.2. The second kappa shape index (κ2) is 31.7. The minimum atomic E-state index is -4.87. The molecule has 0 amide bonds. The number of ether oxygens (including phenoxy) is 3. The highest BCUT2D eigenvalue weighted by molar-refractivity contribution is 7.47. The summed E-state index contributed by atoms with van der Waals surface area (Å²) < 4.78 is 53.2. The SMILES string of the molecule is CC/C=C\CC1OC1C/C=C\C/C=C\C/C=C\C/C=C\CCC(=O)O[C@H](COC(=O)CCCCCCCCC(C)C)COP(=O)(O)OC[C@@H](O)COP(=O)(O)O. The Bertz CT molecular complexity index is 1310. The van der Waals surface area contributed by atoms with Gasteiger partial charge in [0.05, 0.1) is 32.0 Å². The zero-order valence-electron chi connectivity index (χ0n) is 33.6. The molecule has 0 spiro atoms. The molecule has 0 aliphatic carbocycles. The second-order valence-electron chi connectivity index (χ2n) is 14.0. The molecule has 56 heavy (non-hydrogen) atoms. The van der Waals surface area contributed by atoms with Gasteiger partial charge in [0.25, 0.3) is 0 Å². The predicted molar refractivity (Wildman–Crippen MR) is 215 cm³/mol. The Labute approximate surface area is 334 Å². The van der Waals surface area contributed by atoms with Crippen LogP contribution in [0.25, 0.3) is 0 Å². The summed E-state index contributed by atoms with van der Waals surface area (Å²) in [6, 6.07) is 0. The normalized spacial score (nSPS) is 18.5. The molecule has 0 bridgehead atoms. The fourth-order valence-electron chi connectivity index (χ4n) is 5.13. The van der Waals surface area contributed by atoms with Crippen molar-refractivity contribution < 1.29 is 66.3 Å². The Hall–Kier alpha value is -2.22. The first-order valence-electron chi connectivity index (χ1n) is 20.0. The van der Waals surface area contributed by atoms with Gasteiger partial charge in [-0.05, 0) is 57.3 Å². The van der Waals surface area contributed by atoms with Crippen LogP contribution in [0, 0.1) is 5.92 Å². The molecule has 14 nitrogen and oxygen atoms in total. The molecular weight excluding hydrogens is 766 g/mol. The van der Waals surface area contributed by atoms with Gasteiger partial charge in [0.2, 0.25) is 0 Å². The quantitative estimate of drug-likeness (QED) is 0.0155. The summed E-state index contributed by atoms with van der Waals surface area (Å²) >= 11 is 0. The zero-order valence-corrected chi connectivity index (χ0v) is 35.4. The van der Waals surface area contributed by atoms with Gasteiger partial charge in [0, 0.05) is 12.8 Å². The zero-order chi connectivity index (χ0) is 41.5. The highest BCUT2D eigenvalue weighted by Crippen LogP contribution is 2.43. The molecule has 3 unspecified atom stereocenters. The van der Waals surface area contributed by atoms with E-state index in [9.17, 15) is 28.7 Å². The lowest BCUT2D eigenvalue weighted by Gasteiger charge is -2.20. The largest absolute Gasteiger partial charge is 0.472 e. The van der Waals surface area contributed by atoms with E-state index in [1.165, 1.54) is 12.8 Å². The van der Waals surface area contributed by atoms with Gasteiger partial charge >= 0.3 is 27.6 Å². The van der Waals surface area contributed by atoms with Crippen LogP contribution in [0.4, 0.5) is 0 Å². The maximum atomic E-state index is 12.6. The predicted octanol–water partition coefficient (Wildman–Crippen LogP) is 8.51. The third kappa shape index (κ3) is 32.8. The molecule has 1 rings (SSSR count). The molecule has 1 aliphatic rings. The van der Waals surface area contributed by atoms with E-state index in [-0.39, 0.29) is 12.8 Å². The van der Waals surface area contributed by atoms with Crippen molar-refractivity contribution in [2.75, 3.05) is 26.4 Å². The van der Waals surface area contributed by atoms with Crippen LogP contribution in [0.15, 0.2) is 60.8 Å². The van der Waals surface area contributed by atoms with Crippen LogP contribution < -0.4 is 0 Å². The fourth-order valence-corrected chi connectivity index (χ4v) is 6.28. The maximum Gasteiger partial charge on any atom is 0.472 e. The molecule has 5 atom stereocenters. The Balaban J connectivity index is 2.42. The van der Waals surface area contributed by atoms with Crippen molar-refractivity contribution in [2.45, 2.75) is 148 Å². The molecular formula is C40H68O14P2. The average Bonchev–Trinajstić information content (AvgIpc) is 3.89. The number of phosphoric acid groups is 2. The van der Waals surface area contributed by atoms with Crippen molar-refractivity contribution in [1.82, 2.24) is 0 Å². The summed E-state index contributed by atoms with van der Waals surface area (Å²) in [7, 11) is -9.69. The van der Waals surface area contributed by atoms with E-state index in [0.717, 1.165) is 57.8 Å². The van der Waals surface area contributed by atoms with Crippen LogP contribution in [0.1, 0.15) is 124 Å². The van der Waals surface area contributed by atoms with Crippen LogP contribution in [0.2, 0.25) is 0 Å². The Morgan fingerprint density at radius 3 is 1.80 bits per heavy atom. The summed E-state index contributed by atoms with van der Waals surface area (Å²) in [5.41, 5.74) is 0. The number of rotatable bonds is 35. The fraction of sp³-hybridized carbons (Fsp3) is 0.700. The highest BCUT2D eigenvalue weighted by Gasteiger charge is 2.36. The van der Waals surface area contributed by atoms with E-state index in [4.69, 9.17) is 28.5 Å². The van der Waals surface area contributed by atoms with E-state index in [2.05, 4.69) is 72.4 Å². The number of carbonyl (C=O) groups is 2. The monoisotopic (exact) mass is 834 g/mol. The Morgan fingerprint density at radius 1 is 0.661 bits per heavy atom. The van der Waals surface area contributed by atoms with Crippen LogP contribution >= 0.6 is 15.6 Å². The van der Waals surface area contributed by atoms with Crippen LogP contribution in [-0.4, -0.2) is 82.6 Å². The van der Waals surface area contributed by atoms with Gasteiger partial charge in [-0.1, -0.05) is 120 Å². The van der Waals surface area contributed by atoms with Gasteiger partial charge in [-0.15, -0.1) is 0 Å². The number of epoxide rings is 1. The first-order chi connectivity index (χ1) is 26.7. The van der Waals surface area contributed by atoms with Gasteiger partial charge in [0.1, 0.15) is 12.7 Å². The molecule has 1 heterocycles. The van der Waals surface area contributed by atoms with Gasteiger partial charge in [-0.25, -0.2) is 9.13 Å². The average molecular weight is 835 g/mol. The molecule has 0 aromatic heterocycles. The molecule has 16 heteroatoms. The van der Waals surface area contributed by atoms with Crippen molar-refractivity contribution in [3.63, 3.8) is 0 Å². The van der Waals surface area contributed by atoms with Gasteiger partial charge in [-0.3, -0.25) is 23.2 Å². The number of hydrogen-bond acceptors (Lipinski definition) is 11. The van der Waals surface area contributed by atoms with Gasteiger partial charge in [0.15, 0.2) is 6.10 Å². The van der Waals surface area contributed by atoms with Crippen molar-refractivity contribution in [3.8, 4) is 0 Å². The number of aliphatic hydroxyl groups excluding tert-OH is 1. The molecule has 0 radical (unpaired) electrons. The van der Waals surface area contributed by atoms with Crippen LogP contribution in [0.5, 0.6) is 0 Å². The van der Waals surface area contributed by atoms with E-state index in [1.807, 2.05) is 18.2 Å². The first kappa shape index (κ1) is 51.8. The number of unbranched alkanes of at least 4 members (excludes halogenated alkanes) is 5. The number of phosphoric ester groups is 2. The minimum Gasteiger partial charge on any atom is -0.462 e. The number of aliphatic hydroxyl groups is 1. The lowest BCUT2D eigenvalue weighted by molar-refractivity contribution is -0.161. The summed E-state index contributed by atoms with van der Waals surface area (Å²) in [6.07, 6.45) is 31.7. The standard InChI is InChI=1S/C40H68O14P2/c1-4-5-20-26-37-38(54-37)27-22-17-12-10-8-6-7-9-11-13-19-24-29-40(43)53-36(32-49-39(42)28-23-18-15-14-16-21-25-34(2)3)33-52-56(47,48)51-31-35(41)30-50-55(44,45)46/h5,7-10,13,17,19-20,22,34-38,41H,4,6,11-12,14-16,18,21,23-33H2,1-3H3,(H,47,48)(H2,44,45,46)/b9-7-,10-8-,19-13-,20-5-,22-17-/t35-,36+,37?,38?/m0/s1. The Kier molecular flexibility index (Phi) is 29.4. The third-order valence-electron chi connectivity index (χ3n) is 8.25. The topological polar surface area (TPSA) is 208 Å². The third-order valence-corrected chi connectivity index (χ3v) is 9.69. The van der Waals surface area contributed by atoms with Crippen molar-refractivity contribution >= 4 is 27.6 Å². The lowest BCUT2D eigenvalue weighted by Crippen LogP contribution is -2.29. The van der Waals surface area contributed by atoms with Gasteiger partial charge in [-0.2, -0.15) is 0 Å². The van der Waals surface area contributed by atoms with Crippen molar-refractivity contribution in [1.29, 1.82) is 0 Å². The van der Waals surface area contributed by atoms with Crippen molar-refractivity contribution in [3.05, 3.63) is 60.8 Å². The molecule has 1 aliphatic heterocycles. The molecule has 1 saturated heterocycles. The molecule has 0 saturated carbocycles. The Morgan fingerprint density at radius 2 is 1.20 bits per heavy atom. The lowest BCUT2D eigenvalue weighted by atomic mass is 10.0. The smallest absolute Gasteiger partial charge is 0.462 e. The van der Waals surface area contributed by atoms with Crippen LogP contribution in [0.3, 0.4) is 0 Å². The van der Waals surface area contributed by atoms with E-state index in [1.54, 1.807) is 0 Å². The van der Waals surface area contributed by atoms with Gasteiger partial charge < -0.3 is 34.0 Å². The van der Waals surface area contributed by atoms with Crippen LogP contribution in [-0.2, 0) is 46.5 Å². The molecule has 1 fully saturated rings.